The molecule has 0 aliphatic rings. The first-order chi connectivity index (χ1) is 8.11. The molecule has 17 heavy (non-hydrogen) atoms. The number of aryl methyl sites for hydroxylation is 1. The van der Waals surface area contributed by atoms with E-state index < -0.39 is 5.82 Å². The molecule has 5 heteroatoms. The Bertz CT molecular complexity index is 527. The molecule has 0 spiro atoms. The van der Waals surface area contributed by atoms with E-state index in [1.807, 2.05) is 19.4 Å². The molecule has 90 valence electrons. The van der Waals surface area contributed by atoms with Crippen LogP contribution in [0.1, 0.15) is 22.3 Å². The summed E-state index contributed by atoms with van der Waals surface area (Å²) in [6.07, 6.45) is 0. The summed E-state index contributed by atoms with van der Waals surface area (Å²) in [6.45, 7) is 1.95. The highest BCUT2D eigenvalue weighted by atomic mass is 35.5. The van der Waals surface area contributed by atoms with Crippen LogP contribution in [0.3, 0.4) is 0 Å². The normalized spacial score (nSPS) is 12.7. The largest absolute Gasteiger partial charge is 0.307 e. The van der Waals surface area contributed by atoms with E-state index >= 15 is 0 Å². The van der Waals surface area contributed by atoms with Gasteiger partial charge >= 0.3 is 0 Å². The van der Waals surface area contributed by atoms with Crippen LogP contribution in [0.4, 0.5) is 4.39 Å². The Labute approximate surface area is 108 Å². The van der Waals surface area contributed by atoms with Gasteiger partial charge in [0.1, 0.15) is 10.8 Å². The van der Waals surface area contributed by atoms with Crippen LogP contribution < -0.4 is 5.32 Å². The minimum absolute atomic E-state index is 0.0493. The van der Waals surface area contributed by atoms with Crippen molar-refractivity contribution in [3.8, 4) is 0 Å². The van der Waals surface area contributed by atoms with Gasteiger partial charge < -0.3 is 5.32 Å². The fourth-order valence-electron chi connectivity index (χ4n) is 1.63. The molecule has 1 aromatic carbocycles. The van der Waals surface area contributed by atoms with Crippen molar-refractivity contribution in [2.45, 2.75) is 13.0 Å². The van der Waals surface area contributed by atoms with E-state index in [-0.39, 0.29) is 11.1 Å². The Balaban J connectivity index is 2.38. The monoisotopic (exact) mass is 270 g/mol. The molecule has 0 amide bonds. The molecule has 1 atom stereocenters. The molecule has 1 unspecified atom stereocenters. The van der Waals surface area contributed by atoms with Gasteiger partial charge in [0.2, 0.25) is 0 Å². The zero-order valence-electron chi connectivity index (χ0n) is 9.50. The van der Waals surface area contributed by atoms with Crippen LogP contribution in [-0.2, 0) is 0 Å². The Hall–Kier alpha value is -0.970. The highest BCUT2D eigenvalue weighted by Crippen LogP contribution is 2.27. The standard InChI is InChI=1S/C12H12ClFN2S/c1-7-6-17-12(16-7)11(15-2)8-3-4-10(14)9(13)5-8/h3-6,11,15H,1-2H3. The molecule has 0 aliphatic carbocycles. The summed E-state index contributed by atoms with van der Waals surface area (Å²) >= 11 is 7.36. The summed E-state index contributed by atoms with van der Waals surface area (Å²) in [5.41, 5.74) is 1.90. The highest BCUT2D eigenvalue weighted by molar-refractivity contribution is 7.09. The van der Waals surface area contributed by atoms with Crippen molar-refractivity contribution in [2.75, 3.05) is 7.05 Å². The minimum atomic E-state index is -0.402. The predicted octanol–water partition coefficient (Wildman–Crippen LogP) is 3.55. The quantitative estimate of drug-likeness (QED) is 0.923. The SMILES string of the molecule is CNC(c1ccc(F)c(Cl)c1)c1nc(C)cs1. The van der Waals surface area contributed by atoms with Crippen LogP contribution in [0.25, 0.3) is 0 Å². The zero-order valence-corrected chi connectivity index (χ0v) is 11.1. The van der Waals surface area contributed by atoms with Gasteiger partial charge in [-0.05, 0) is 31.7 Å². The van der Waals surface area contributed by atoms with Crippen LogP contribution in [-0.4, -0.2) is 12.0 Å². The average Bonchev–Trinajstić information content (AvgIpc) is 2.71. The van der Waals surface area contributed by atoms with Crippen LogP contribution in [0.15, 0.2) is 23.6 Å². The summed E-state index contributed by atoms with van der Waals surface area (Å²) in [6, 6.07) is 4.68. The molecule has 1 heterocycles. The van der Waals surface area contributed by atoms with Gasteiger partial charge in [0, 0.05) is 11.1 Å². The molecule has 2 rings (SSSR count). The number of hydrogen-bond acceptors (Lipinski definition) is 3. The molecule has 0 aliphatic heterocycles. The first-order valence-corrected chi connectivity index (χ1v) is 6.42. The number of halogens is 2. The van der Waals surface area contributed by atoms with Crippen molar-refractivity contribution in [3.63, 3.8) is 0 Å². The molecule has 1 N–H and O–H groups in total. The van der Waals surface area contributed by atoms with Crippen molar-refractivity contribution in [1.29, 1.82) is 0 Å². The average molecular weight is 271 g/mol. The van der Waals surface area contributed by atoms with E-state index in [1.165, 1.54) is 6.07 Å². The zero-order chi connectivity index (χ0) is 12.4. The third kappa shape index (κ3) is 2.65. The number of aromatic nitrogens is 1. The fraction of sp³-hybridized carbons (Fsp3) is 0.250. The molecule has 2 nitrogen and oxygen atoms in total. The first-order valence-electron chi connectivity index (χ1n) is 5.16. The summed E-state index contributed by atoms with van der Waals surface area (Å²) in [5, 5.41) is 6.24. The van der Waals surface area contributed by atoms with Gasteiger partial charge in [0.05, 0.1) is 11.1 Å². The number of thiazole rings is 1. The van der Waals surface area contributed by atoms with E-state index in [0.29, 0.717) is 0 Å². The molecular weight excluding hydrogens is 259 g/mol. The van der Waals surface area contributed by atoms with Crippen LogP contribution >= 0.6 is 22.9 Å². The van der Waals surface area contributed by atoms with Crippen molar-refractivity contribution >= 4 is 22.9 Å². The molecule has 0 radical (unpaired) electrons. The Kier molecular flexibility index (Phi) is 3.76. The van der Waals surface area contributed by atoms with E-state index in [9.17, 15) is 4.39 Å². The smallest absolute Gasteiger partial charge is 0.141 e. The van der Waals surface area contributed by atoms with Gasteiger partial charge in [-0.2, -0.15) is 0 Å². The molecular formula is C12H12ClFN2S. The van der Waals surface area contributed by atoms with Gasteiger partial charge in [-0.3, -0.25) is 0 Å². The number of nitrogens with one attached hydrogen (secondary N) is 1. The van der Waals surface area contributed by atoms with E-state index in [2.05, 4.69) is 10.3 Å². The predicted molar refractivity (Wildman–Crippen MR) is 69.2 cm³/mol. The van der Waals surface area contributed by atoms with E-state index in [1.54, 1.807) is 23.5 Å². The van der Waals surface area contributed by atoms with E-state index in [4.69, 9.17) is 11.6 Å². The van der Waals surface area contributed by atoms with Gasteiger partial charge in [-0.15, -0.1) is 11.3 Å². The first kappa shape index (κ1) is 12.5. The van der Waals surface area contributed by atoms with Crippen LogP contribution in [0.2, 0.25) is 5.02 Å². The Morgan fingerprint density at radius 3 is 2.76 bits per heavy atom. The third-order valence-corrected chi connectivity index (χ3v) is 3.77. The van der Waals surface area contributed by atoms with Crippen LogP contribution in [0, 0.1) is 12.7 Å². The van der Waals surface area contributed by atoms with Gasteiger partial charge in [-0.1, -0.05) is 17.7 Å². The van der Waals surface area contributed by atoms with Crippen LogP contribution in [0.5, 0.6) is 0 Å². The minimum Gasteiger partial charge on any atom is -0.307 e. The lowest BCUT2D eigenvalue weighted by atomic mass is 10.1. The number of nitrogens with zero attached hydrogens (tertiary/aromatic N) is 1. The third-order valence-electron chi connectivity index (χ3n) is 2.45. The molecule has 0 fully saturated rings. The molecule has 0 saturated carbocycles. The summed E-state index contributed by atoms with van der Waals surface area (Å²) < 4.78 is 13.1. The topological polar surface area (TPSA) is 24.9 Å². The number of rotatable bonds is 3. The van der Waals surface area contributed by atoms with Crippen molar-refractivity contribution in [2.24, 2.45) is 0 Å². The second-order valence-electron chi connectivity index (χ2n) is 3.72. The summed E-state index contributed by atoms with van der Waals surface area (Å²) in [7, 11) is 1.85. The van der Waals surface area contributed by atoms with E-state index in [0.717, 1.165) is 16.3 Å². The van der Waals surface area contributed by atoms with Gasteiger partial charge in [0.15, 0.2) is 0 Å². The second-order valence-corrected chi connectivity index (χ2v) is 5.02. The lowest BCUT2D eigenvalue weighted by Crippen LogP contribution is -2.17. The van der Waals surface area contributed by atoms with Gasteiger partial charge in [0.25, 0.3) is 0 Å². The van der Waals surface area contributed by atoms with Crippen molar-refractivity contribution < 1.29 is 4.39 Å². The fourth-order valence-corrected chi connectivity index (χ4v) is 2.75. The molecule has 0 bridgehead atoms. The maximum Gasteiger partial charge on any atom is 0.141 e. The van der Waals surface area contributed by atoms with Crippen molar-refractivity contribution in [3.05, 3.63) is 50.7 Å². The molecule has 0 saturated heterocycles. The number of benzene rings is 1. The lowest BCUT2D eigenvalue weighted by molar-refractivity contribution is 0.623. The number of hydrogen-bond donors (Lipinski definition) is 1. The lowest BCUT2D eigenvalue weighted by Gasteiger charge is -2.14. The maximum atomic E-state index is 13.1. The Morgan fingerprint density at radius 1 is 1.47 bits per heavy atom. The van der Waals surface area contributed by atoms with Gasteiger partial charge in [-0.25, -0.2) is 9.37 Å². The summed E-state index contributed by atoms with van der Waals surface area (Å²) in [4.78, 5) is 4.43. The van der Waals surface area contributed by atoms with Crippen molar-refractivity contribution in [1.82, 2.24) is 10.3 Å². The highest BCUT2D eigenvalue weighted by Gasteiger charge is 2.16. The maximum absolute atomic E-state index is 13.1. The molecule has 1 aromatic heterocycles. The Morgan fingerprint density at radius 2 is 2.24 bits per heavy atom. The summed E-state index contributed by atoms with van der Waals surface area (Å²) in [5.74, 6) is -0.402. The molecule has 2 aromatic rings. The second kappa shape index (κ2) is 5.12.